The van der Waals surface area contributed by atoms with Crippen LogP contribution in [0.15, 0.2) is 48.5 Å². The van der Waals surface area contributed by atoms with Crippen LogP contribution >= 0.6 is 23.4 Å². The van der Waals surface area contributed by atoms with Crippen molar-refractivity contribution in [1.82, 2.24) is 10.2 Å². The number of halogens is 2. The lowest BCUT2D eigenvalue weighted by Gasteiger charge is -2.30. The number of hydrogen-bond donors (Lipinski definition) is 1. The van der Waals surface area contributed by atoms with Gasteiger partial charge < -0.3 is 10.2 Å². The van der Waals surface area contributed by atoms with Gasteiger partial charge in [-0.2, -0.15) is 0 Å². The number of hydrogen-bond acceptors (Lipinski definition) is 3. The van der Waals surface area contributed by atoms with Gasteiger partial charge in [0.05, 0.1) is 5.75 Å². The second kappa shape index (κ2) is 11.1. The van der Waals surface area contributed by atoms with Crippen molar-refractivity contribution in [3.63, 3.8) is 0 Å². The number of carbonyl (C=O) groups excluding carboxylic acids is 2. The smallest absolute Gasteiger partial charge is 0.242 e. The van der Waals surface area contributed by atoms with Crippen LogP contribution in [0, 0.1) is 5.82 Å². The summed E-state index contributed by atoms with van der Waals surface area (Å²) >= 11 is 7.27. The van der Waals surface area contributed by atoms with Crippen LogP contribution in [0.25, 0.3) is 0 Å². The highest BCUT2D eigenvalue weighted by atomic mass is 35.5. The number of likely N-dealkylation sites (N-methyl/N-ethyl adjacent to an activating group) is 1. The van der Waals surface area contributed by atoms with Gasteiger partial charge >= 0.3 is 0 Å². The summed E-state index contributed by atoms with van der Waals surface area (Å²) in [6.45, 7) is 2.18. The second-order valence-electron chi connectivity index (χ2n) is 6.27. The monoisotopic (exact) mass is 422 g/mol. The average molecular weight is 423 g/mol. The molecule has 0 aliphatic carbocycles. The Labute approximate surface area is 174 Å². The van der Waals surface area contributed by atoms with Crippen molar-refractivity contribution in [2.24, 2.45) is 0 Å². The summed E-state index contributed by atoms with van der Waals surface area (Å²) in [4.78, 5) is 26.8. The van der Waals surface area contributed by atoms with Gasteiger partial charge in [-0.3, -0.25) is 9.59 Å². The Morgan fingerprint density at radius 3 is 2.46 bits per heavy atom. The quantitative estimate of drug-likeness (QED) is 0.656. The first kappa shape index (κ1) is 22.2. The molecule has 0 aliphatic heterocycles. The number of rotatable bonds is 9. The molecule has 1 atom stereocenters. The molecule has 4 nitrogen and oxygen atoms in total. The van der Waals surface area contributed by atoms with E-state index in [9.17, 15) is 14.0 Å². The summed E-state index contributed by atoms with van der Waals surface area (Å²) < 4.78 is 13.8. The summed E-state index contributed by atoms with van der Waals surface area (Å²) in [5.74, 6) is -0.0905. The van der Waals surface area contributed by atoms with E-state index in [0.717, 1.165) is 5.56 Å². The Morgan fingerprint density at radius 2 is 1.86 bits per heavy atom. The lowest BCUT2D eigenvalue weighted by atomic mass is 10.1. The van der Waals surface area contributed by atoms with Gasteiger partial charge in [-0.1, -0.05) is 48.9 Å². The maximum absolute atomic E-state index is 13.8. The Bertz CT molecular complexity index is 801. The first-order valence-electron chi connectivity index (χ1n) is 9.03. The predicted molar refractivity (Wildman–Crippen MR) is 113 cm³/mol. The molecular weight excluding hydrogens is 399 g/mol. The van der Waals surface area contributed by atoms with Crippen LogP contribution in [0.4, 0.5) is 4.39 Å². The van der Waals surface area contributed by atoms with E-state index < -0.39 is 6.04 Å². The maximum Gasteiger partial charge on any atom is 0.242 e. The molecular formula is C21H24ClFN2O2S. The lowest BCUT2D eigenvalue weighted by Crippen LogP contribution is -2.48. The van der Waals surface area contributed by atoms with Crippen LogP contribution in [-0.4, -0.2) is 35.6 Å². The van der Waals surface area contributed by atoms with Crippen LogP contribution in [0.5, 0.6) is 0 Å². The highest BCUT2D eigenvalue weighted by Gasteiger charge is 2.27. The van der Waals surface area contributed by atoms with Crippen LogP contribution < -0.4 is 5.32 Å². The fourth-order valence-corrected chi connectivity index (χ4v) is 3.84. The molecule has 2 aromatic rings. The number of thioether (sulfide) groups is 1. The standard InChI is InChI=1S/C21H24ClFN2O2S/c1-3-19(21(27)24-2)25(12-15-8-10-17(22)11-9-15)20(26)14-28-13-16-6-4-5-7-18(16)23/h4-11,19H,3,12-14H2,1-2H3,(H,24,27)/t19-/m1/s1. The third-order valence-electron chi connectivity index (χ3n) is 4.34. The van der Waals surface area contributed by atoms with E-state index in [1.165, 1.54) is 17.8 Å². The molecule has 28 heavy (non-hydrogen) atoms. The maximum atomic E-state index is 13.8. The van der Waals surface area contributed by atoms with Crippen LogP contribution in [0.2, 0.25) is 5.02 Å². The molecule has 2 amide bonds. The van der Waals surface area contributed by atoms with E-state index >= 15 is 0 Å². The molecule has 1 N–H and O–H groups in total. The number of benzene rings is 2. The Morgan fingerprint density at radius 1 is 1.18 bits per heavy atom. The molecule has 7 heteroatoms. The van der Waals surface area contributed by atoms with Gasteiger partial charge in [0, 0.05) is 24.4 Å². The number of carbonyl (C=O) groups is 2. The molecule has 0 aliphatic rings. The van der Waals surface area contributed by atoms with Gasteiger partial charge in [0.15, 0.2) is 0 Å². The third-order valence-corrected chi connectivity index (χ3v) is 5.56. The van der Waals surface area contributed by atoms with E-state index in [1.54, 1.807) is 42.3 Å². The second-order valence-corrected chi connectivity index (χ2v) is 7.69. The van der Waals surface area contributed by atoms with Crippen molar-refractivity contribution in [3.05, 3.63) is 70.5 Å². The highest BCUT2D eigenvalue weighted by Crippen LogP contribution is 2.19. The van der Waals surface area contributed by atoms with Gasteiger partial charge in [-0.15, -0.1) is 11.8 Å². The third kappa shape index (κ3) is 6.24. The van der Waals surface area contributed by atoms with Crippen molar-refractivity contribution >= 4 is 35.2 Å². The zero-order chi connectivity index (χ0) is 20.5. The fraction of sp³-hybridized carbons (Fsp3) is 0.333. The van der Waals surface area contributed by atoms with Crippen molar-refractivity contribution in [3.8, 4) is 0 Å². The molecule has 2 rings (SSSR count). The molecule has 0 bridgehead atoms. The summed E-state index contributed by atoms with van der Waals surface area (Å²) in [5.41, 5.74) is 1.45. The first-order chi connectivity index (χ1) is 13.5. The molecule has 0 saturated heterocycles. The molecule has 150 valence electrons. The van der Waals surface area contributed by atoms with Gasteiger partial charge in [0.2, 0.25) is 11.8 Å². The van der Waals surface area contributed by atoms with Gasteiger partial charge in [0.1, 0.15) is 11.9 Å². The van der Waals surface area contributed by atoms with Crippen LogP contribution in [-0.2, 0) is 21.9 Å². The normalized spacial score (nSPS) is 11.7. The average Bonchev–Trinajstić information content (AvgIpc) is 2.70. The van der Waals surface area contributed by atoms with E-state index in [-0.39, 0.29) is 23.4 Å². The van der Waals surface area contributed by atoms with Gasteiger partial charge in [-0.05, 0) is 35.7 Å². The first-order valence-corrected chi connectivity index (χ1v) is 10.6. The van der Waals surface area contributed by atoms with Crippen molar-refractivity contribution < 1.29 is 14.0 Å². The van der Waals surface area contributed by atoms with E-state index in [1.807, 2.05) is 19.1 Å². The Balaban J connectivity index is 2.10. The summed E-state index contributed by atoms with van der Waals surface area (Å²) in [6.07, 6.45) is 0.497. The zero-order valence-corrected chi connectivity index (χ0v) is 17.5. The van der Waals surface area contributed by atoms with Gasteiger partial charge in [0.25, 0.3) is 0 Å². The largest absolute Gasteiger partial charge is 0.357 e. The van der Waals surface area contributed by atoms with E-state index in [2.05, 4.69) is 5.32 Å². The van der Waals surface area contributed by atoms with Crippen molar-refractivity contribution in [2.45, 2.75) is 31.7 Å². The van der Waals surface area contributed by atoms with Crippen molar-refractivity contribution in [2.75, 3.05) is 12.8 Å². The molecule has 2 aromatic carbocycles. The molecule has 0 fully saturated rings. The molecule has 0 heterocycles. The Kier molecular flexibility index (Phi) is 8.80. The minimum atomic E-state index is -0.567. The summed E-state index contributed by atoms with van der Waals surface area (Å²) in [6, 6.07) is 13.1. The van der Waals surface area contributed by atoms with Crippen molar-refractivity contribution in [1.29, 1.82) is 0 Å². The zero-order valence-electron chi connectivity index (χ0n) is 16.0. The predicted octanol–water partition coefficient (Wildman–Crippen LogP) is 4.27. The topological polar surface area (TPSA) is 49.4 Å². The lowest BCUT2D eigenvalue weighted by molar-refractivity contribution is -0.139. The molecule has 0 spiro atoms. The van der Waals surface area contributed by atoms with E-state index in [4.69, 9.17) is 11.6 Å². The summed E-state index contributed by atoms with van der Waals surface area (Å²) in [5, 5.41) is 3.24. The van der Waals surface area contributed by atoms with Crippen LogP contribution in [0.1, 0.15) is 24.5 Å². The molecule has 0 unspecified atom stereocenters. The molecule has 0 saturated carbocycles. The SMILES string of the molecule is CC[C@H](C(=O)NC)N(Cc1ccc(Cl)cc1)C(=O)CSCc1ccccc1F. The summed E-state index contributed by atoms with van der Waals surface area (Å²) in [7, 11) is 1.56. The van der Waals surface area contributed by atoms with Crippen LogP contribution in [0.3, 0.4) is 0 Å². The minimum Gasteiger partial charge on any atom is -0.357 e. The highest BCUT2D eigenvalue weighted by molar-refractivity contribution is 7.99. The number of amides is 2. The van der Waals surface area contributed by atoms with Gasteiger partial charge in [-0.25, -0.2) is 4.39 Å². The molecule has 0 aromatic heterocycles. The number of nitrogens with one attached hydrogen (secondary N) is 1. The van der Waals surface area contributed by atoms with E-state index in [0.29, 0.717) is 29.3 Å². The molecule has 0 radical (unpaired) electrons. The Hall–Kier alpha value is -2.05. The number of nitrogens with zero attached hydrogens (tertiary/aromatic N) is 1. The minimum absolute atomic E-state index is 0.160. The fourth-order valence-electron chi connectivity index (χ4n) is 2.82.